The van der Waals surface area contributed by atoms with Gasteiger partial charge in [-0.2, -0.15) is 0 Å². The predicted octanol–water partition coefficient (Wildman–Crippen LogP) is 2.84. The summed E-state index contributed by atoms with van der Waals surface area (Å²) in [7, 11) is 0. The van der Waals surface area contributed by atoms with Crippen molar-refractivity contribution in [2.45, 2.75) is 71.0 Å². The second-order valence-corrected chi connectivity index (χ2v) is 6.45. The van der Waals surface area contributed by atoms with E-state index in [0.717, 1.165) is 25.7 Å². The molecule has 0 saturated heterocycles. The highest BCUT2D eigenvalue weighted by Crippen LogP contribution is 2.33. The summed E-state index contributed by atoms with van der Waals surface area (Å²) in [6.07, 6.45) is 4.40. The van der Waals surface area contributed by atoms with Crippen molar-refractivity contribution in [3.8, 4) is 0 Å². The summed E-state index contributed by atoms with van der Waals surface area (Å²) in [4.78, 5) is 11.6. The van der Waals surface area contributed by atoms with Gasteiger partial charge in [-0.3, -0.25) is 0 Å². The molecule has 0 spiro atoms. The van der Waals surface area contributed by atoms with E-state index < -0.39 is 17.3 Å². The number of hydrogen-bond donors (Lipinski definition) is 2. The third kappa shape index (κ3) is 5.25. The number of aliphatic hydroxyl groups is 1. The van der Waals surface area contributed by atoms with Gasteiger partial charge >= 0.3 is 6.09 Å². The normalized spacial score (nSPS) is 28.8. The van der Waals surface area contributed by atoms with Crippen LogP contribution in [0.3, 0.4) is 0 Å². The summed E-state index contributed by atoms with van der Waals surface area (Å²) in [6, 6.07) is 0. The second kappa shape index (κ2) is 5.91. The molecule has 0 aliphatic heterocycles. The smallest absolute Gasteiger partial charge is 0.407 e. The fraction of sp³-hybridized carbons (Fsp3) is 0.929. The van der Waals surface area contributed by atoms with Gasteiger partial charge in [-0.05, 0) is 39.5 Å². The van der Waals surface area contributed by atoms with E-state index in [4.69, 9.17) is 4.74 Å². The average molecular weight is 257 g/mol. The maximum Gasteiger partial charge on any atom is 0.407 e. The van der Waals surface area contributed by atoms with E-state index >= 15 is 0 Å². The van der Waals surface area contributed by atoms with E-state index in [-0.39, 0.29) is 0 Å². The molecule has 0 heterocycles. The van der Waals surface area contributed by atoms with E-state index in [1.165, 1.54) is 6.42 Å². The lowest BCUT2D eigenvalue weighted by atomic mass is 9.77. The summed E-state index contributed by atoms with van der Waals surface area (Å²) in [6.45, 7) is 7.93. The highest BCUT2D eigenvalue weighted by Gasteiger charge is 2.34. The molecule has 4 nitrogen and oxygen atoms in total. The van der Waals surface area contributed by atoms with Crippen molar-refractivity contribution >= 4 is 6.09 Å². The topological polar surface area (TPSA) is 58.6 Å². The first-order valence-electron chi connectivity index (χ1n) is 6.93. The van der Waals surface area contributed by atoms with Crippen LogP contribution in [0.2, 0.25) is 0 Å². The van der Waals surface area contributed by atoms with Crippen molar-refractivity contribution < 1.29 is 14.6 Å². The van der Waals surface area contributed by atoms with Gasteiger partial charge in [0.2, 0.25) is 0 Å². The number of nitrogens with one attached hydrogen (secondary N) is 1. The van der Waals surface area contributed by atoms with Gasteiger partial charge in [0.05, 0.1) is 5.60 Å². The zero-order valence-electron chi connectivity index (χ0n) is 12.1. The zero-order valence-corrected chi connectivity index (χ0v) is 12.1. The summed E-state index contributed by atoms with van der Waals surface area (Å²) in [5, 5.41) is 13.1. The number of amides is 1. The SMILES string of the molecule is CCC1CCCC(O)(CNC(=O)OC(C)(C)C)C1. The second-order valence-electron chi connectivity index (χ2n) is 6.45. The van der Waals surface area contributed by atoms with Crippen LogP contribution in [0.5, 0.6) is 0 Å². The molecule has 1 fully saturated rings. The highest BCUT2D eigenvalue weighted by atomic mass is 16.6. The Bertz CT molecular complexity index is 285. The Morgan fingerprint density at radius 3 is 2.72 bits per heavy atom. The lowest BCUT2D eigenvalue weighted by Gasteiger charge is -2.36. The molecule has 2 N–H and O–H groups in total. The molecular formula is C14H27NO3. The van der Waals surface area contributed by atoms with E-state index in [0.29, 0.717) is 12.5 Å². The maximum atomic E-state index is 11.6. The molecule has 2 unspecified atom stereocenters. The third-order valence-corrected chi connectivity index (χ3v) is 3.46. The molecule has 1 saturated carbocycles. The number of carbonyl (C=O) groups excluding carboxylic acids is 1. The molecule has 0 bridgehead atoms. The lowest BCUT2D eigenvalue weighted by Crippen LogP contribution is -2.47. The Morgan fingerprint density at radius 2 is 2.17 bits per heavy atom. The van der Waals surface area contributed by atoms with Crippen LogP contribution in [-0.4, -0.2) is 28.9 Å². The Balaban J connectivity index is 2.39. The van der Waals surface area contributed by atoms with Crippen LogP contribution in [-0.2, 0) is 4.74 Å². The van der Waals surface area contributed by atoms with E-state index in [9.17, 15) is 9.90 Å². The van der Waals surface area contributed by atoms with Gasteiger partial charge < -0.3 is 15.2 Å². The van der Waals surface area contributed by atoms with Gasteiger partial charge in [0.15, 0.2) is 0 Å². The quantitative estimate of drug-likeness (QED) is 0.817. The standard InChI is InChI=1S/C14H27NO3/c1-5-11-7-6-8-14(17,9-11)10-15-12(16)18-13(2,3)4/h11,17H,5-10H2,1-4H3,(H,15,16). The fourth-order valence-electron chi connectivity index (χ4n) is 2.52. The molecule has 4 heteroatoms. The van der Waals surface area contributed by atoms with Gasteiger partial charge in [-0.25, -0.2) is 4.79 Å². The maximum absolute atomic E-state index is 11.6. The average Bonchev–Trinajstić information content (AvgIpc) is 2.24. The first-order valence-corrected chi connectivity index (χ1v) is 6.93. The van der Waals surface area contributed by atoms with Gasteiger partial charge in [0.25, 0.3) is 0 Å². The summed E-state index contributed by atoms with van der Waals surface area (Å²) in [5.41, 5.74) is -1.25. The molecule has 18 heavy (non-hydrogen) atoms. The molecule has 1 aliphatic carbocycles. The number of hydrogen-bond acceptors (Lipinski definition) is 3. The predicted molar refractivity (Wildman–Crippen MR) is 71.4 cm³/mol. The molecule has 0 radical (unpaired) electrons. The van der Waals surface area contributed by atoms with Gasteiger partial charge in [-0.1, -0.05) is 26.2 Å². The largest absolute Gasteiger partial charge is 0.444 e. The summed E-state index contributed by atoms with van der Waals surface area (Å²) in [5.74, 6) is 0.573. The zero-order chi connectivity index (χ0) is 13.8. The fourth-order valence-corrected chi connectivity index (χ4v) is 2.52. The number of ether oxygens (including phenoxy) is 1. The van der Waals surface area contributed by atoms with Crippen molar-refractivity contribution in [2.75, 3.05) is 6.54 Å². The number of rotatable bonds is 3. The van der Waals surface area contributed by atoms with Crippen LogP contribution in [0.15, 0.2) is 0 Å². The van der Waals surface area contributed by atoms with Crippen LogP contribution in [0.25, 0.3) is 0 Å². The first-order chi connectivity index (χ1) is 8.24. The molecule has 1 aliphatic rings. The van der Waals surface area contributed by atoms with Crippen molar-refractivity contribution in [1.82, 2.24) is 5.32 Å². The Hall–Kier alpha value is -0.770. The molecule has 1 rings (SSSR count). The Labute approximate surface area is 110 Å². The summed E-state index contributed by atoms with van der Waals surface area (Å²) < 4.78 is 5.17. The van der Waals surface area contributed by atoms with E-state index in [1.807, 2.05) is 20.8 Å². The van der Waals surface area contributed by atoms with Crippen LogP contribution < -0.4 is 5.32 Å². The minimum atomic E-state index is -0.754. The molecule has 2 atom stereocenters. The minimum Gasteiger partial charge on any atom is -0.444 e. The molecule has 1 amide bonds. The molecule has 0 aromatic heterocycles. The Morgan fingerprint density at radius 1 is 1.50 bits per heavy atom. The minimum absolute atomic E-state index is 0.290. The molecule has 106 valence electrons. The van der Waals surface area contributed by atoms with Crippen LogP contribution in [0.4, 0.5) is 4.79 Å². The number of carbonyl (C=O) groups is 1. The molecule has 0 aromatic carbocycles. The van der Waals surface area contributed by atoms with Crippen molar-refractivity contribution in [3.05, 3.63) is 0 Å². The van der Waals surface area contributed by atoms with Crippen molar-refractivity contribution in [3.63, 3.8) is 0 Å². The Kier molecular flexibility index (Phi) is 5.02. The van der Waals surface area contributed by atoms with E-state index in [1.54, 1.807) is 0 Å². The van der Waals surface area contributed by atoms with Gasteiger partial charge in [0, 0.05) is 6.54 Å². The van der Waals surface area contributed by atoms with Gasteiger partial charge in [-0.15, -0.1) is 0 Å². The summed E-state index contributed by atoms with van der Waals surface area (Å²) >= 11 is 0. The third-order valence-electron chi connectivity index (χ3n) is 3.46. The van der Waals surface area contributed by atoms with Gasteiger partial charge in [0.1, 0.15) is 5.60 Å². The lowest BCUT2D eigenvalue weighted by molar-refractivity contribution is -0.0190. The van der Waals surface area contributed by atoms with Crippen LogP contribution >= 0.6 is 0 Å². The molecular weight excluding hydrogens is 230 g/mol. The van der Waals surface area contributed by atoms with E-state index in [2.05, 4.69) is 12.2 Å². The number of alkyl carbamates (subject to hydrolysis) is 1. The first kappa shape index (κ1) is 15.3. The van der Waals surface area contributed by atoms with Crippen LogP contribution in [0.1, 0.15) is 59.8 Å². The highest BCUT2D eigenvalue weighted by molar-refractivity contribution is 5.67. The molecule has 0 aromatic rings. The van der Waals surface area contributed by atoms with Crippen molar-refractivity contribution in [2.24, 2.45) is 5.92 Å². The van der Waals surface area contributed by atoms with Crippen molar-refractivity contribution in [1.29, 1.82) is 0 Å². The van der Waals surface area contributed by atoms with Crippen LogP contribution in [0, 0.1) is 5.92 Å². The monoisotopic (exact) mass is 257 g/mol.